The third-order valence-electron chi connectivity index (χ3n) is 16.3. The molecule has 6 heteroatoms. The van der Waals surface area contributed by atoms with Crippen LogP contribution in [0.4, 0.5) is 0 Å². The highest BCUT2D eigenvalue weighted by atomic mass is 16.5. The van der Waals surface area contributed by atoms with Gasteiger partial charge in [-0.1, -0.05) is 341 Å². The first kappa shape index (κ1) is 73.6. The number of hydrogen-bond acceptors (Lipinski definition) is 5. The van der Waals surface area contributed by atoms with E-state index in [1.807, 2.05) is 0 Å². The molecule has 1 amide bonds. The van der Waals surface area contributed by atoms with Crippen molar-refractivity contribution in [2.24, 2.45) is 0 Å². The lowest BCUT2D eigenvalue weighted by atomic mass is 10.0. The van der Waals surface area contributed by atoms with Gasteiger partial charge in [0.15, 0.2) is 0 Å². The maximum Gasteiger partial charge on any atom is 0.305 e. The summed E-state index contributed by atoms with van der Waals surface area (Å²) in [6.45, 7) is 4.99. The molecule has 446 valence electrons. The normalized spacial score (nSPS) is 12.5. The highest BCUT2D eigenvalue weighted by molar-refractivity contribution is 5.76. The molecule has 0 spiro atoms. The van der Waals surface area contributed by atoms with E-state index in [-0.39, 0.29) is 18.5 Å². The average Bonchev–Trinajstić information content (AvgIpc) is 3.41. The van der Waals surface area contributed by atoms with E-state index in [0.29, 0.717) is 25.9 Å². The van der Waals surface area contributed by atoms with E-state index in [1.54, 1.807) is 0 Å². The molecule has 0 saturated carbocycles. The van der Waals surface area contributed by atoms with Crippen molar-refractivity contribution >= 4 is 11.9 Å². The van der Waals surface area contributed by atoms with Crippen LogP contribution in [0.25, 0.3) is 0 Å². The van der Waals surface area contributed by atoms with Crippen LogP contribution in [0.5, 0.6) is 0 Å². The number of unbranched alkanes of at least 4 members (excludes halogenated alkanes) is 52. The number of rotatable bonds is 65. The first-order valence-corrected chi connectivity index (χ1v) is 34.4. The minimum atomic E-state index is -0.664. The summed E-state index contributed by atoms with van der Waals surface area (Å²) in [5, 5.41) is 23.4. The average molecular weight is 1060 g/mol. The van der Waals surface area contributed by atoms with Gasteiger partial charge in [-0.3, -0.25) is 9.59 Å². The minimum absolute atomic E-state index is 0.0174. The number of allylic oxidation sites excluding steroid dienone is 2. The largest absolute Gasteiger partial charge is 0.466 e. The number of aliphatic hydroxyl groups excluding tert-OH is 2. The van der Waals surface area contributed by atoms with Gasteiger partial charge < -0.3 is 20.3 Å². The van der Waals surface area contributed by atoms with Gasteiger partial charge in [-0.25, -0.2) is 0 Å². The predicted molar refractivity (Wildman–Crippen MR) is 329 cm³/mol. The summed E-state index contributed by atoms with van der Waals surface area (Å²) < 4.78 is 5.48. The summed E-state index contributed by atoms with van der Waals surface area (Å²) in [5.74, 6) is -0.0134. The molecule has 2 atom stereocenters. The standard InChI is InChI=1S/C69H135NO5/c1-3-5-7-9-11-13-15-17-18-19-32-35-38-41-45-49-53-57-61-67(72)66(65-71)70-68(73)62-58-54-50-46-42-39-36-33-30-28-26-24-22-20-21-23-25-27-29-31-34-37-40-44-48-52-56-60-64-75-69(74)63-59-55-51-47-43-16-14-12-10-8-6-4-2/h20-21,66-67,71-72H,3-19,22-65H2,1-2H3,(H,70,73)/b21-20-. The van der Waals surface area contributed by atoms with Crippen molar-refractivity contribution in [2.75, 3.05) is 13.2 Å². The Morgan fingerprint density at radius 1 is 0.360 bits per heavy atom. The van der Waals surface area contributed by atoms with E-state index in [0.717, 1.165) is 38.5 Å². The number of aliphatic hydroxyl groups is 2. The number of carbonyl (C=O) groups excluding carboxylic acids is 2. The third-order valence-corrected chi connectivity index (χ3v) is 16.3. The number of nitrogens with one attached hydrogen (secondary N) is 1. The zero-order valence-corrected chi connectivity index (χ0v) is 51.1. The molecule has 0 radical (unpaired) electrons. The number of esters is 1. The van der Waals surface area contributed by atoms with Gasteiger partial charge in [0.05, 0.1) is 25.4 Å². The van der Waals surface area contributed by atoms with Gasteiger partial charge in [0.1, 0.15) is 0 Å². The zero-order valence-electron chi connectivity index (χ0n) is 51.1. The molecular formula is C69H135NO5. The Morgan fingerprint density at radius 2 is 0.627 bits per heavy atom. The fraction of sp³-hybridized carbons (Fsp3) is 0.942. The topological polar surface area (TPSA) is 95.9 Å². The molecule has 0 saturated heterocycles. The molecule has 0 fully saturated rings. The first-order valence-electron chi connectivity index (χ1n) is 34.4. The van der Waals surface area contributed by atoms with Crippen molar-refractivity contribution in [1.82, 2.24) is 5.32 Å². The molecule has 3 N–H and O–H groups in total. The van der Waals surface area contributed by atoms with Crippen LogP contribution in [0, 0.1) is 0 Å². The Hall–Kier alpha value is -1.40. The summed E-state index contributed by atoms with van der Waals surface area (Å²) in [5.41, 5.74) is 0. The summed E-state index contributed by atoms with van der Waals surface area (Å²) in [6.07, 6.45) is 79.7. The van der Waals surface area contributed by atoms with Gasteiger partial charge >= 0.3 is 5.97 Å². The van der Waals surface area contributed by atoms with Crippen LogP contribution in [-0.4, -0.2) is 47.4 Å². The number of amides is 1. The summed E-state index contributed by atoms with van der Waals surface area (Å²) in [6, 6.07) is -0.541. The molecule has 0 aromatic carbocycles. The molecule has 0 aliphatic heterocycles. The van der Waals surface area contributed by atoms with Gasteiger partial charge in [-0.05, 0) is 51.4 Å². The SMILES string of the molecule is CCCCCCCCCCCCCCCCCCCCC(O)C(CO)NC(=O)CCCCCCCCCCCCCC/C=C\CCCCCCCCCCCCCCOC(=O)CCCCCCCCCCCCCC. The maximum absolute atomic E-state index is 12.5. The monoisotopic (exact) mass is 1060 g/mol. The Labute approximate surface area is 469 Å². The Morgan fingerprint density at radius 3 is 0.947 bits per heavy atom. The zero-order chi connectivity index (χ0) is 54.3. The molecule has 6 nitrogen and oxygen atoms in total. The van der Waals surface area contributed by atoms with E-state index >= 15 is 0 Å². The molecule has 0 rings (SSSR count). The second-order valence-electron chi connectivity index (χ2n) is 23.9. The molecule has 0 heterocycles. The highest BCUT2D eigenvalue weighted by Gasteiger charge is 2.20. The van der Waals surface area contributed by atoms with Crippen molar-refractivity contribution in [2.45, 2.75) is 405 Å². The number of ether oxygens (including phenoxy) is 1. The van der Waals surface area contributed by atoms with E-state index in [4.69, 9.17) is 4.74 Å². The smallest absolute Gasteiger partial charge is 0.305 e. The molecule has 0 aromatic heterocycles. The quantitative estimate of drug-likeness (QED) is 0.0320. The molecule has 0 aromatic rings. The second kappa shape index (κ2) is 65.1. The molecular weight excluding hydrogens is 923 g/mol. The predicted octanol–water partition coefficient (Wildman–Crippen LogP) is 22.0. The maximum atomic E-state index is 12.5. The van der Waals surface area contributed by atoms with E-state index in [9.17, 15) is 19.8 Å². The van der Waals surface area contributed by atoms with E-state index in [1.165, 1.54) is 321 Å². The lowest BCUT2D eigenvalue weighted by Gasteiger charge is -2.22. The second-order valence-corrected chi connectivity index (χ2v) is 23.9. The van der Waals surface area contributed by atoms with Crippen molar-refractivity contribution in [3.8, 4) is 0 Å². The first-order chi connectivity index (χ1) is 37.0. The Kier molecular flexibility index (Phi) is 63.9. The summed E-state index contributed by atoms with van der Waals surface area (Å²) in [7, 11) is 0. The number of carbonyl (C=O) groups is 2. The van der Waals surface area contributed by atoms with Gasteiger partial charge in [-0.2, -0.15) is 0 Å². The summed E-state index contributed by atoms with van der Waals surface area (Å²) in [4.78, 5) is 24.5. The van der Waals surface area contributed by atoms with Crippen LogP contribution < -0.4 is 5.32 Å². The molecule has 75 heavy (non-hydrogen) atoms. The lowest BCUT2D eigenvalue weighted by Crippen LogP contribution is -2.45. The van der Waals surface area contributed by atoms with Crippen molar-refractivity contribution in [1.29, 1.82) is 0 Å². The molecule has 0 bridgehead atoms. The van der Waals surface area contributed by atoms with Gasteiger partial charge in [0.2, 0.25) is 5.91 Å². The highest BCUT2D eigenvalue weighted by Crippen LogP contribution is 2.19. The van der Waals surface area contributed by atoms with Crippen LogP contribution in [0.2, 0.25) is 0 Å². The van der Waals surface area contributed by atoms with Gasteiger partial charge in [0.25, 0.3) is 0 Å². The van der Waals surface area contributed by atoms with Crippen LogP contribution in [-0.2, 0) is 14.3 Å². The van der Waals surface area contributed by atoms with E-state index < -0.39 is 12.1 Å². The third kappa shape index (κ3) is 61.7. The minimum Gasteiger partial charge on any atom is -0.466 e. The lowest BCUT2D eigenvalue weighted by molar-refractivity contribution is -0.143. The van der Waals surface area contributed by atoms with Crippen LogP contribution in [0.15, 0.2) is 12.2 Å². The van der Waals surface area contributed by atoms with Crippen LogP contribution in [0.3, 0.4) is 0 Å². The van der Waals surface area contributed by atoms with Crippen molar-refractivity contribution in [3.05, 3.63) is 12.2 Å². The molecule has 0 aliphatic rings. The van der Waals surface area contributed by atoms with Gasteiger partial charge in [-0.15, -0.1) is 0 Å². The summed E-state index contributed by atoms with van der Waals surface area (Å²) >= 11 is 0. The van der Waals surface area contributed by atoms with Crippen molar-refractivity contribution < 1.29 is 24.5 Å². The molecule has 2 unspecified atom stereocenters. The van der Waals surface area contributed by atoms with Crippen LogP contribution >= 0.6 is 0 Å². The van der Waals surface area contributed by atoms with Crippen LogP contribution in [0.1, 0.15) is 393 Å². The van der Waals surface area contributed by atoms with Gasteiger partial charge in [0, 0.05) is 12.8 Å². The van der Waals surface area contributed by atoms with E-state index in [2.05, 4.69) is 31.3 Å². The molecule has 0 aliphatic carbocycles. The Bertz CT molecular complexity index is 1130. The Balaban J connectivity index is 3.37. The number of hydrogen-bond donors (Lipinski definition) is 3. The van der Waals surface area contributed by atoms with Crippen molar-refractivity contribution in [3.63, 3.8) is 0 Å². The fourth-order valence-corrected chi connectivity index (χ4v) is 11.1. The fourth-order valence-electron chi connectivity index (χ4n) is 11.1.